The fourth-order valence-corrected chi connectivity index (χ4v) is 2.98. The molecule has 1 unspecified atom stereocenters. The minimum absolute atomic E-state index is 0.265. The van der Waals surface area contributed by atoms with Crippen molar-refractivity contribution in [3.8, 4) is 0 Å². The molecule has 0 heterocycles. The van der Waals surface area contributed by atoms with E-state index in [1.54, 1.807) is 31.3 Å². The average molecular weight is 361 g/mol. The Morgan fingerprint density at radius 3 is 2.40 bits per heavy atom. The van der Waals surface area contributed by atoms with Gasteiger partial charge in [0, 0.05) is 26.7 Å². The number of halogens is 4. The Labute approximate surface area is 130 Å². The summed E-state index contributed by atoms with van der Waals surface area (Å²) in [4.78, 5) is 0. The molecule has 0 aliphatic heterocycles. The smallest absolute Gasteiger partial charge is 0.129 e. The van der Waals surface area contributed by atoms with E-state index >= 15 is 0 Å². The van der Waals surface area contributed by atoms with Crippen LogP contribution in [0.5, 0.6) is 0 Å². The molecule has 1 atom stereocenters. The van der Waals surface area contributed by atoms with Crippen molar-refractivity contribution in [2.75, 3.05) is 7.05 Å². The quantitative estimate of drug-likeness (QED) is 0.819. The lowest BCUT2D eigenvalue weighted by atomic mass is 9.98. The first kappa shape index (κ1) is 15.4. The molecule has 5 heteroatoms. The van der Waals surface area contributed by atoms with E-state index in [0.717, 1.165) is 0 Å². The van der Waals surface area contributed by atoms with Crippen LogP contribution in [-0.2, 0) is 6.42 Å². The van der Waals surface area contributed by atoms with Crippen molar-refractivity contribution in [2.45, 2.75) is 12.5 Å². The van der Waals surface area contributed by atoms with Crippen LogP contribution in [0.15, 0.2) is 40.9 Å². The average Bonchev–Trinajstić information content (AvgIpc) is 2.40. The Kier molecular flexibility index (Phi) is 5.13. The third-order valence-corrected chi connectivity index (χ3v) is 4.21. The molecule has 2 aromatic carbocycles. The normalized spacial score (nSPS) is 12.4. The predicted octanol–water partition coefficient (Wildman–Crippen LogP) is 4.88. The lowest BCUT2D eigenvalue weighted by Crippen LogP contribution is -2.21. The van der Waals surface area contributed by atoms with E-state index in [4.69, 9.17) is 11.6 Å². The maximum atomic E-state index is 14.0. The molecule has 0 amide bonds. The molecule has 0 aliphatic carbocycles. The van der Waals surface area contributed by atoms with Crippen LogP contribution in [0.1, 0.15) is 17.2 Å². The van der Waals surface area contributed by atoms with E-state index in [1.807, 2.05) is 0 Å². The Morgan fingerprint density at radius 1 is 1.15 bits per heavy atom. The minimum atomic E-state index is -0.384. The van der Waals surface area contributed by atoms with Gasteiger partial charge in [0.1, 0.15) is 11.6 Å². The van der Waals surface area contributed by atoms with Crippen LogP contribution in [0, 0.1) is 11.6 Å². The Bertz CT molecular complexity index is 578. The van der Waals surface area contributed by atoms with Crippen molar-refractivity contribution in [3.63, 3.8) is 0 Å². The Hall–Kier alpha value is -0.970. The third-order valence-electron chi connectivity index (χ3n) is 3.17. The van der Waals surface area contributed by atoms with E-state index in [1.165, 1.54) is 12.1 Å². The maximum Gasteiger partial charge on any atom is 0.129 e. The topological polar surface area (TPSA) is 12.0 Å². The van der Waals surface area contributed by atoms with Crippen LogP contribution in [0.3, 0.4) is 0 Å². The van der Waals surface area contributed by atoms with Gasteiger partial charge in [-0.05, 0) is 37.7 Å². The molecule has 0 bridgehead atoms. The van der Waals surface area contributed by atoms with Crippen molar-refractivity contribution in [3.05, 3.63) is 68.7 Å². The summed E-state index contributed by atoms with van der Waals surface area (Å²) in [6, 6.07) is 8.91. The largest absolute Gasteiger partial charge is 0.313 e. The van der Waals surface area contributed by atoms with Crippen molar-refractivity contribution < 1.29 is 8.78 Å². The first-order valence-electron chi connectivity index (χ1n) is 6.08. The molecule has 2 rings (SSSR count). The van der Waals surface area contributed by atoms with Crippen LogP contribution in [-0.4, -0.2) is 7.05 Å². The number of nitrogens with one attached hydrogen (secondary N) is 1. The monoisotopic (exact) mass is 359 g/mol. The number of benzene rings is 2. The van der Waals surface area contributed by atoms with Crippen LogP contribution < -0.4 is 5.32 Å². The highest BCUT2D eigenvalue weighted by molar-refractivity contribution is 9.10. The fraction of sp³-hybridized carbons (Fsp3) is 0.200. The Balaban J connectivity index is 2.39. The van der Waals surface area contributed by atoms with Crippen molar-refractivity contribution in [1.29, 1.82) is 0 Å². The van der Waals surface area contributed by atoms with Crippen molar-refractivity contribution >= 4 is 27.5 Å². The van der Waals surface area contributed by atoms with Gasteiger partial charge in [0.25, 0.3) is 0 Å². The molecule has 1 nitrogen and oxygen atoms in total. The highest BCUT2D eigenvalue weighted by Gasteiger charge is 2.20. The van der Waals surface area contributed by atoms with Crippen molar-refractivity contribution in [2.24, 2.45) is 0 Å². The summed E-state index contributed by atoms with van der Waals surface area (Å²) in [5, 5.41) is 3.35. The summed E-state index contributed by atoms with van der Waals surface area (Å²) in [7, 11) is 1.71. The Morgan fingerprint density at radius 2 is 1.80 bits per heavy atom. The standard InChI is InChI=1S/C15H13BrClF2N/c1-20-14(15-10(16)4-2-7-13(15)19)8-9-11(17)5-3-6-12(9)18/h2-7,14,20H,8H2,1H3. The number of rotatable bonds is 4. The fourth-order valence-electron chi connectivity index (χ4n) is 2.12. The van der Waals surface area contributed by atoms with Gasteiger partial charge in [-0.3, -0.25) is 0 Å². The number of hydrogen-bond acceptors (Lipinski definition) is 1. The van der Waals surface area contributed by atoms with E-state index in [9.17, 15) is 8.78 Å². The highest BCUT2D eigenvalue weighted by Crippen LogP contribution is 2.31. The lowest BCUT2D eigenvalue weighted by Gasteiger charge is -2.20. The summed E-state index contributed by atoms with van der Waals surface area (Å²) < 4.78 is 28.5. The summed E-state index contributed by atoms with van der Waals surface area (Å²) in [5.41, 5.74) is 0.845. The molecule has 106 valence electrons. The second-order valence-corrected chi connectivity index (χ2v) is 5.64. The van der Waals surface area contributed by atoms with Gasteiger partial charge in [0.05, 0.1) is 0 Å². The molecule has 0 fully saturated rings. The molecule has 20 heavy (non-hydrogen) atoms. The first-order chi connectivity index (χ1) is 9.54. The maximum absolute atomic E-state index is 14.0. The van der Waals surface area contributed by atoms with E-state index in [0.29, 0.717) is 20.6 Å². The predicted molar refractivity (Wildman–Crippen MR) is 81.0 cm³/mol. The number of likely N-dealkylation sites (N-methyl/N-ethyl adjacent to an activating group) is 1. The molecular weight excluding hydrogens is 348 g/mol. The molecule has 1 N–H and O–H groups in total. The van der Waals surface area contributed by atoms with Crippen LogP contribution in [0.25, 0.3) is 0 Å². The molecular formula is C15H13BrClF2N. The molecule has 0 saturated heterocycles. The SMILES string of the molecule is CNC(Cc1c(F)cccc1Cl)c1c(F)cccc1Br. The molecule has 0 aliphatic rings. The second-order valence-electron chi connectivity index (χ2n) is 4.38. The van der Waals surface area contributed by atoms with E-state index < -0.39 is 0 Å². The van der Waals surface area contributed by atoms with E-state index in [-0.39, 0.29) is 24.1 Å². The summed E-state index contributed by atoms with van der Waals surface area (Å²) in [6.07, 6.45) is 0.265. The zero-order valence-corrected chi connectivity index (χ0v) is 13.1. The van der Waals surface area contributed by atoms with Gasteiger partial charge in [-0.25, -0.2) is 8.78 Å². The third kappa shape index (κ3) is 3.19. The van der Waals surface area contributed by atoms with Gasteiger partial charge in [0.15, 0.2) is 0 Å². The molecule has 2 aromatic rings. The van der Waals surface area contributed by atoms with Gasteiger partial charge in [-0.1, -0.05) is 39.7 Å². The minimum Gasteiger partial charge on any atom is -0.313 e. The molecule has 0 radical (unpaired) electrons. The summed E-state index contributed by atoms with van der Waals surface area (Å²) >= 11 is 9.36. The van der Waals surface area contributed by atoms with Gasteiger partial charge in [-0.15, -0.1) is 0 Å². The van der Waals surface area contributed by atoms with Crippen LogP contribution in [0.2, 0.25) is 5.02 Å². The summed E-state index contributed by atoms with van der Waals surface area (Å²) in [5.74, 6) is -0.726. The zero-order chi connectivity index (χ0) is 14.7. The molecule has 0 saturated carbocycles. The van der Waals surface area contributed by atoms with Crippen molar-refractivity contribution in [1.82, 2.24) is 5.32 Å². The van der Waals surface area contributed by atoms with Gasteiger partial charge >= 0.3 is 0 Å². The van der Waals surface area contributed by atoms with Gasteiger partial charge < -0.3 is 5.32 Å². The summed E-state index contributed by atoms with van der Waals surface area (Å²) in [6.45, 7) is 0. The first-order valence-corrected chi connectivity index (χ1v) is 7.25. The van der Waals surface area contributed by atoms with Crippen LogP contribution in [0.4, 0.5) is 8.78 Å². The van der Waals surface area contributed by atoms with Gasteiger partial charge in [-0.2, -0.15) is 0 Å². The zero-order valence-electron chi connectivity index (χ0n) is 10.8. The molecule has 0 aromatic heterocycles. The van der Waals surface area contributed by atoms with Crippen LogP contribution >= 0.6 is 27.5 Å². The number of hydrogen-bond donors (Lipinski definition) is 1. The van der Waals surface area contributed by atoms with E-state index in [2.05, 4.69) is 21.2 Å². The second kappa shape index (κ2) is 6.66. The highest BCUT2D eigenvalue weighted by atomic mass is 79.9. The molecule has 0 spiro atoms. The lowest BCUT2D eigenvalue weighted by molar-refractivity contribution is 0.517. The van der Waals surface area contributed by atoms with Gasteiger partial charge in [0.2, 0.25) is 0 Å².